The van der Waals surface area contributed by atoms with Gasteiger partial charge < -0.3 is 14.8 Å². The smallest absolute Gasteiger partial charge is 0.270 e. The van der Waals surface area contributed by atoms with Gasteiger partial charge in [0.15, 0.2) is 11.5 Å². The number of carbonyl (C=O) groups excluding carboxylic acids is 1. The molecule has 0 bridgehead atoms. The van der Waals surface area contributed by atoms with Crippen molar-refractivity contribution in [3.8, 4) is 17.6 Å². The van der Waals surface area contributed by atoms with Crippen molar-refractivity contribution in [2.24, 2.45) is 0 Å². The largest absolute Gasteiger partial charge is 0.454 e. The number of carbonyl (C=O) groups is 1. The minimum atomic E-state index is -0.343. The van der Waals surface area contributed by atoms with Gasteiger partial charge in [0.2, 0.25) is 6.79 Å². The highest BCUT2D eigenvalue weighted by Crippen LogP contribution is 2.36. The second-order valence-corrected chi connectivity index (χ2v) is 9.83. The molecule has 35 heavy (non-hydrogen) atoms. The normalized spacial score (nSPS) is 15.7. The Morgan fingerprint density at radius 2 is 2.03 bits per heavy atom. The molecule has 3 heterocycles. The summed E-state index contributed by atoms with van der Waals surface area (Å²) in [5.74, 6) is 1.77. The summed E-state index contributed by atoms with van der Waals surface area (Å²) in [4.78, 5) is 28.2. The average molecular weight is 511 g/mol. The fourth-order valence-corrected chi connectivity index (χ4v) is 5.39. The number of nitrogens with one attached hydrogen (secondary N) is 1. The number of thioether (sulfide) groups is 1. The molecule has 1 aromatic carbocycles. The second kappa shape index (κ2) is 10.5. The van der Waals surface area contributed by atoms with Crippen molar-refractivity contribution in [3.63, 3.8) is 0 Å². The van der Waals surface area contributed by atoms with E-state index in [1.54, 1.807) is 22.5 Å². The molecule has 1 fully saturated rings. The number of benzene rings is 1. The number of nitriles is 1. The number of ether oxygens (including phenoxy) is 2. The van der Waals surface area contributed by atoms with E-state index >= 15 is 0 Å². The maximum absolute atomic E-state index is 13.3. The van der Waals surface area contributed by atoms with Gasteiger partial charge in [0, 0.05) is 25.2 Å². The van der Waals surface area contributed by atoms with Crippen molar-refractivity contribution >= 4 is 46.1 Å². The highest BCUT2D eigenvalue weighted by molar-refractivity contribution is 8.26. The summed E-state index contributed by atoms with van der Waals surface area (Å²) in [5.41, 5.74) is 1.83. The van der Waals surface area contributed by atoms with Gasteiger partial charge in [-0.3, -0.25) is 19.1 Å². The highest BCUT2D eigenvalue weighted by atomic mass is 32.2. The molecule has 1 saturated heterocycles. The summed E-state index contributed by atoms with van der Waals surface area (Å²) in [6, 6.07) is 7.74. The van der Waals surface area contributed by atoms with E-state index in [1.165, 1.54) is 11.8 Å². The number of anilines is 1. The van der Waals surface area contributed by atoms with Gasteiger partial charge in [-0.15, -0.1) is 0 Å². The molecule has 182 valence electrons. The fraction of sp³-hybridized carbons (Fsp3) is 0.360. The Bertz CT molecular complexity index is 1330. The number of hydrogen-bond donors (Lipinski definition) is 1. The lowest BCUT2D eigenvalue weighted by Crippen LogP contribution is -2.28. The van der Waals surface area contributed by atoms with Crippen LogP contribution in [0.15, 0.2) is 27.9 Å². The zero-order valence-corrected chi connectivity index (χ0v) is 21.5. The summed E-state index contributed by atoms with van der Waals surface area (Å²) in [7, 11) is 0. The lowest BCUT2D eigenvalue weighted by atomic mass is 10.0. The summed E-state index contributed by atoms with van der Waals surface area (Å²) < 4.78 is 13.0. The molecule has 0 radical (unpaired) electrons. The predicted octanol–water partition coefficient (Wildman–Crippen LogP) is 4.39. The SMILES string of the molecule is CCCCn1c(NCc2ccc3c(c2)OCO3)c(/C=C2/SC(=S)N(CC)C2=O)c(C)c(C#N)c1=O. The number of hydrogen-bond acceptors (Lipinski definition) is 8. The van der Waals surface area contributed by atoms with Gasteiger partial charge in [-0.2, -0.15) is 5.26 Å². The molecular weight excluding hydrogens is 484 g/mol. The molecule has 10 heteroatoms. The van der Waals surface area contributed by atoms with Gasteiger partial charge in [-0.05, 0) is 49.6 Å². The third kappa shape index (κ3) is 4.79. The molecule has 0 atom stereocenters. The molecule has 1 aromatic heterocycles. The topological polar surface area (TPSA) is 96.6 Å². The number of pyridine rings is 1. The number of aromatic nitrogens is 1. The predicted molar refractivity (Wildman–Crippen MR) is 141 cm³/mol. The number of amides is 1. The van der Waals surface area contributed by atoms with Crippen molar-refractivity contribution in [3.05, 3.63) is 55.7 Å². The molecule has 2 aliphatic heterocycles. The van der Waals surface area contributed by atoms with Crippen molar-refractivity contribution in [2.75, 3.05) is 18.7 Å². The molecule has 1 N–H and O–H groups in total. The van der Waals surface area contributed by atoms with Crippen LogP contribution in [0.2, 0.25) is 0 Å². The van der Waals surface area contributed by atoms with E-state index in [0.29, 0.717) is 57.3 Å². The summed E-state index contributed by atoms with van der Waals surface area (Å²) in [6.45, 7) is 7.18. The van der Waals surface area contributed by atoms with Crippen LogP contribution in [-0.2, 0) is 17.9 Å². The lowest BCUT2D eigenvalue weighted by molar-refractivity contribution is -0.121. The quantitative estimate of drug-likeness (QED) is 0.413. The average Bonchev–Trinajstić information content (AvgIpc) is 3.42. The van der Waals surface area contributed by atoms with Crippen LogP contribution in [0.5, 0.6) is 11.5 Å². The first-order valence-corrected chi connectivity index (χ1v) is 12.7. The van der Waals surface area contributed by atoms with Crippen LogP contribution in [0, 0.1) is 18.3 Å². The first-order valence-electron chi connectivity index (χ1n) is 11.4. The third-order valence-electron chi connectivity index (χ3n) is 5.97. The van der Waals surface area contributed by atoms with Gasteiger partial charge in [0.05, 0.1) is 4.91 Å². The number of rotatable bonds is 8. The van der Waals surface area contributed by atoms with E-state index in [9.17, 15) is 14.9 Å². The maximum Gasteiger partial charge on any atom is 0.270 e. The summed E-state index contributed by atoms with van der Waals surface area (Å²) in [6.07, 6.45) is 3.40. The Balaban J connectivity index is 1.81. The van der Waals surface area contributed by atoms with Gasteiger partial charge >= 0.3 is 0 Å². The Morgan fingerprint density at radius 3 is 2.71 bits per heavy atom. The van der Waals surface area contributed by atoms with Crippen LogP contribution in [0.1, 0.15) is 48.9 Å². The van der Waals surface area contributed by atoms with E-state index in [-0.39, 0.29) is 23.8 Å². The Kier molecular flexibility index (Phi) is 7.48. The zero-order chi connectivity index (χ0) is 25.1. The molecule has 0 saturated carbocycles. The van der Waals surface area contributed by atoms with Gasteiger partial charge in [0.25, 0.3) is 11.5 Å². The molecule has 0 aliphatic carbocycles. The van der Waals surface area contributed by atoms with Crippen LogP contribution in [0.4, 0.5) is 5.82 Å². The van der Waals surface area contributed by atoms with Crippen molar-refractivity contribution in [1.82, 2.24) is 9.47 Å². The lowest BCUT2D eigenvalue weighted by Gasteiger charge is -2.20. The maximum atomic E-state index is 13.3. The fourth-order valence-electron chi connectivity index (χ4n) is 4.02. The van der Waals surface area contributed by atoms with E-state index in [1.807, 2.05) is 32.0 Å². The molecule has 2 aliphatic rings. The van der Waals surface area contributed by atoms with Gasteiger partial charge in [0.1, 0.15) is 21.8 Å². The van der Waals surface area contributed by atoms with Gasteiger partial charge in [-0.1, -0.05) is 43.4 Å². The summed E-state index contributed by atoms with van der Waals surface area (Å²) >= 11 is 6.59. The third-order valence-corrected chi connectivity index (χ3v) is 7.35. The first kappa shape index (κ1) is 24.8. The Morgan fingerprint density at radius 1 is 1.26 bits per heavy atom. The van der Waals surface area contributed by atoms with E-state index in [0.717, 1.165) is 18.4 Å². The Hall–Kier alpha value is -3.29. The second-order valence-electron chi connectivity index (χ2n) is 8.15. The number of fused-ring (bicyclic) bond motifs is 1. The number of unbranched alkanes of at least 4 members (excludes halogenated alkanes) is 1. The van der Waals surface area contributed by atoms with Crippen molar-refractivity contribution < 1.29 is 14.3 Å². The number of likely N-dealkylation sites (N-methyl/N-ethyl adjacent to an activating group) is 1. The standard InChI is InChI=1S/C25H26N4O4S2/c1-4-6-9-29-22(27-13-16-7-8-19-20(10-16)33-14-32-19)17(15(3)18(12-26)23(29)30)11-21-24(31)28(5-2)25(34)35-21/h7-8,10-11,27H,4-6,9,13-14H2,1-3H3/b21-11+. The van der Waals surface area contributed by atoms with Crippen LogP contribution < -0.4 is 20.3 Å². The number of thiocarbonyl (C=S) groups is 1. The van der Waals surface area contributed by atoms with E-state index in [2.05, 4.69) is 11.4 Å². The first-order chi connectivity index (χ1) is 16.9. The monoisotopic (exact) mass is 510 g/mol. The minimum Gasteiger partial charge on any atom is -0.454 e. The van der Waals surface area contributed by atoms with E-state index in [4.69, 9.17) is 21.7 Å². The molecular formula is C25H26N4O4S2. The minimum absolute atomic E-state index is 0.0759. The highest BCUT2D eigenvalue weighted by Gasteiger charge is 2.31. The number of nitrogens with zero attached hydrogens (tertiary/aromatic N) is 3. The van der Waals surface area contributed by atoms with Crippen LogP contribution in [-0.4, -0.2) is 33.0 Å². The van der Waals surface area contributed by atoms with Crippen molar-refractivity contribution in [2.45, 2.75) is 46.7 Å². The van der Waals surface area contributed by atoms with Crippen molar-refractivity contribution in [1.29, 1.82) is 5.26 Å². The van der Waals surface area contributed by atoms with Crippen LogP contribution in [0.25, 0.3) is 6.08 Å². The van der Waals surface area contributed by atoms with E-state index < -0.39 is 0 Å². The van der Waals surface area contributed by atoms with Crippen LogP contribution >= 0.6 is 24.0 Å². The molecule has 0 spiro atoms. The Labute approximate surface area is 213 Å². The molecule has 2 aromatic rings. The summed E-state index contributed by atoms with van der Waals surface area (Å²) in [5, 5.41) is 13.2. The zero-order valence-electron chi connectivity index (χ0n) is 19.8. The molecule has 4 rings (SSSR count). The van der Waals surface area contributed by atoms with Gasteiger partial charge in [-0.25, -0.2) is 0 Å². The van der Waals surface area contributed by atoms with Crippen LogP contribution in [0.3, 0.4) is 0 Å². The molecule has 8 nitrogen and oxygen atoms in total. The molecule has 1 amide bonds. The molecule has 0 unspecified atom stereocenters.